The largest absolute Gasteiger partial charge is 0.219 e. The Labute approximate surface area is 119 Å². The van der Waals surface area contributed by atoms with Crippen LogP contribution in [-0.4, -0.2) is 20.3 Å². The third-order valence-electron chi connectivity index (χ3n) is 2.05. The molecule has 0 atom stereocenters. The highest BCUT2D eigenvalue weighted by Gasteiger charge is 2.06. The number of aromatic nitrogens is 3. The molecule has 0 saturated heterocycles. The summed E-state index contributed by atoms with van der Waals surface area (Å²) in [5.41, 5.74) is 1.95. The molecule has 1 heterocycles. The molecule has 3 nitrogen and oxygen atoms in total. The van der Waals surface area contributed by atoms with Gasteiger partial charge in [0.2, 0.25) is 0 Å². The lowest BCUT2D eigenvalue weighted by atomic mass is 10.3. The normalized spacial score (nSPS) is 10.7. The summed E-state index contributed by atoms with van der Waals surface area (Å²) in [5.74, 6) is 0. The van der Waals surface area contributed by atoms with Gasteiger partial charge in [-0.25, -0.2) is 4.68 Å². The zero-order chi connectivity index (χ0) is 11.5. The van der Waals surface area contributed by atoms with E-state index < -0.39 is 0 Å². The molecule has 0 aliphatic rings. The van der Waals surface area contributed by atoms with E-state index in [0.29, 0.717) is 0 Å². The molecule has 0 unspecified atom stereocenters. The van der Waals surface area contributed by atoms with Gasteiger partial charge in [0.05, 0.1) is 17.6 Å². The lowest BCUT2D eigenvalue weighted by Gasteiger charge is -2.03. The second-order valence-corrected chi connectivity index (χ2v) is 5.75. The molecule has 16 heavy (non-hydrogen) atoms. The Morgan fingerprint density at radius 2 is 2.06 bits per heavy atom. The Morgan fingerprint density at radius 3 is 2.81 bits per heavy atom. The molecule has 0 aliphatic carbocycles. The predicted molar refractivity (Wildman–Crippen MR) is 74.3 cm³/mol. The van der Waals surface area contributed by atoms with E-state index >= 15 is 0 Å². The number of alkyl halides is 1. The maximum Gasteiger partial charge on any atom is 0.0840 e. The molecule has 0 N–H and O–H groups in total. The molecular formula is C10H8Br3N3. The number of rotatable bonds is 3. The summed E-state index contributed by atoms with van der Waals surface area (Å²) < 4.78 is 3.78. The molecule has 0 radical (unpaired) electrons. The zero-order valence-corrected chi connectivity index (χ0v) is 13.0. The van der Waals surface area contributed by atoms with Gasteiger partial charge in [-0.05, 0) is 34.1 Å². The Balaban J connectivity index is 2.38. The van der Waals surface area contributed by atoms with Crippen LogP contribution in [0.5, 0.6) is 0 Å². The highest BCUT2D eigenvalue weighted by molar-refractivity contribution is 9.11. The van der Waals surface area contributed by atoms with Crippen molar-refractivity contribution in [1.82, 2.24) is 15.0 Å². The highest BCUT2D eigenvalue weighted by atomic mass is 79.9. The smallest absolute Gasteiger partial charge is 0.0840 e. The zero-order valence-electron chi connectivity index (χ0n) is 8.20. The second kappa shape index (κ2) is 5.42. The second-order valence-electron chi connectivity index (χ2n) is 3.19. The van der Waals surface area contributed by atoms with Crippen LogP contribution in [0.2, 0.25) is 0 Å². The number of halogens is 3. The topological polar surface area (TPSA) is 30.7 Å². The summed E-state index contributed by atoms with van der Waals surface area (Å²) in [6.07, 6.45) is 2.82. The van der Waals surface area contributed by atoms with Crippen LogP contribution in [0, 0.1) is 0 Å². The highest BCUT2D eigenvalue weighted by Crippen LogP contribution is 2.24. The molecule has 0 bridgehead atoms. The molecule has 0 amide bonds. The summed E-state index contributed by atoms with van der Waals surface area (Å²) in [5, 5.41) is 9.10. The Bertz CT molecular complexity index is 496. The summed E-state index contributed by atoms with van der Waals surface area (Å²) in [6.45, 7) is 0. The van der Waals surface area contributed by atoms with E-state index in [0.717, 1.165) is 32.1 Å². The quantitative estimate of drug-likeness (QED) is 0.723. The predicted octanol–water partition coefficient (Wildman–Crippen LogP) is 3.73. The number of nitrogens with zero attached hydrogens (tertiary/aromatic N) is 3. The van der Waals surface area contributed by atoms with Gasteiger partial charge in [-0.2, -0.15) is 0 Å². The Hall–Kier alpha value is -0.200. The molecule has 0 saturated carbocycles. The van der Waals surface area contributed by atoms with Crippen LogP contribution in [0.1, 0.15) is 5.69 Å². The first-order valence-corrected chi connectivity index (χ1v) is 7.34. The summed E-state index contributed by atoms with van der Waals surface area (Å²) in [7, 11) is 0. The molecule has 0 spiro atoms. The standard InChI is InChI=1S/C10H8Br3N3/c11-4-3-8-6-16(15-14-8)10-5-7(12)1-2-9(10)13/h1-2,5-6H,3-4H2. The Kier molecular flexibility index (Phi) is 4.16. The average Bonchev–Trinajstić information content (AvgIpc) is 2.71. The van der Waals surface area contributed by atoms with E-state index in [1.165, 1.54) is 0 Å². The van der Waals surface area contributed by atoms with Crippen LogP contribution in [0.3, 0.4) is 0 Å². The maximum atomic E-state index is 4.10. The van der Waals surface area contributed by atoms with Crippen molar-refractivity contribution >= 4 is 47.8 Å². The van der Waals surface area contributed by atoms with Gasteiger partial charge in [-0.3, -0.25) is 0 Å². The molecule has 0 aliphatic heterocycles. The maximum absolute atomic E-state index is 4.10. The van der Waals surface area contributed by atoms with Crippen LogP contribution in [-0.2, 0) is 6.42 Å². The Morgan fingerprint density at radius 1 is 1.25 bits per heavy atom. The summed E-state index contributed by atoms with van der Waals surface area (Å²) in [6, 6.07) is 5.95. The van der Waals surface area contributed by atoms with E-state index in [-0.39, 0.29) is 0 Å². The van der Waals surface area contributed by atoms with Crippen molar-refractivity contribution in [1.29, 1.82) is 0 Å². The monoisotopic (exact) mass is 407 g/mol. The number of aryl methyl sites for hydroxylation is 1. The average molecular weight is 410 g/mol. The van der Waals surface area contributed by atoms with Gasteiger partial charge >= 0.3 is 0 Å². The van der Waals surface area contributed by atoms with E-state index in [9.17, 15) is 0 Å². The van der Waals surface area contributed by atoms with Crippen molar-refractivity contribution in [3.63, 3.8) is 0 Å². The first-order valence-electron chi connectivity index (χ1n) is 4.63. The third kappa shape index (κ3) is 2.73. The van der Waals surface area contributed by atoms with E-state index in [2.05, 4.69) is 58.1 Å². The van der Waals surface area contributed by atoms with Crippen LogP contribution >= 0.6 is 47.8 Å². The van der Waals surface area contributed by atoms with Gasteiger partial charge in [-0.15, -0.1) is 5.10 Å². The fourth-order valence-electron chi connectivity index (χ4n) is 1.29. The van der Waals surface area contributed by atoms with Gasteiger partial charge in [-0.1, -0.05) is 37.1 Å². The van der Waals surface area contributed by atoms with E-state index in [1.54, 1.807) is 4.68 Å². The number of hydrogen-bond donors (Lipinski definition) is 0. The fraction of sp³-hybridized carbons (Fsp3) is 0.200. The number of benzene rings is 1. The van der Waals surface area contributed by atoms with Gasteiger partial charge in [0.1, 0.15) is 0 Å². The van der Waals surface area contributed by atoms with Crippen molar-refractivity contribution < 1.29 is 0 Å². The molecule has 1 aromatic carbocycles. The van der Waals surface area contributed by atoms with Gasteiger partial charge in [0.15, 0.2) is 0 Å². The summed E-state index contributed by atoms with van der Waals surface area (Å²) in [4.78, 5) is 0. The van der Waals surface area contributed by atoms with Crippen molar-refractivity contribution in [2.45, 2.75) is 6.42 Å². The third-order valence-corrected chi connectivity index (χ3v) is 3.61. The van der Waals surface area contributed by atoms with Crippen LogP contribution < -0.4 is 0 Å². The molecule has 6 heteroatoms. The number of hydrogen-bond acceptors (Lipinski definition) is 2. The minimum absolute atomic E-state index is 0.881. The van der Waals surface area contributed by atoms with Gasteiger partial charge in [0.25, 0.3) is 0 Å². The van der Waals surface area contributed by atoms with Crippen LogP contribution in [0.4, 0.5) is 0 Å². The molecule has 0 fully saturated rings. The first kappa shape index (κ1) is 12.3. The molecule has 1 aromatic heterocycles. The van der Waals surface area contributed by atoms with Crippen LogP contribution in [0.15, 0.2) is 33.3 Å². The van der Waals surface area contributed by atoms with Crippen molar-refractivity contribution in [3.05, 3.63) is 39.0 Å². The summed E-state index contributed by atoms with van der Waals surface area (Å²) >= 11 is 10.3. The molecule has 2 rings (SSSR count). The van der Waals surface area contributed by atoms with Crippen LogP contribution in [0.25, 0.3) is 5.69 Å². The van der Waals surface area contributed by atoms with E-state index in [1.807, 2.05) is 24.4 Å². The van der Waals surface area contributed by atoms with Gasteiger partial charge in [0, 0.05) is 20.7 Å². The van der Waals surface area contributed by atoms with Gasteiger partial charge < -0.3 is 0 Å². The lowest BCUT2D eigenvalue weighted by molar-refractivity contribution is 0.795. The van der Waals surface area contributed by atoms with E-state index in [4.69, 9.17) is 0 Å². The fourth-order valence-corrected chi connectivity index (χ4v) is 2.47. The molecule has 84 valence electrons. The first-order chi connectivity index (χ1) is 7.70. The van der Waals surface area contributed by atoms with Crippen molar-refractivity contribution in [2.75, 3.05) is 5.33 Å². The SMILES string of the molecule is BrCCc1cn(-c2cc(Br)ccc2Br)nn1. The molecule has 2 aromatic rings. The molecular weight excluding hydrogens is 402 g/mol. The lowest BCUT2D eigenvalue weighted by Crippen LogP contribution is -1.96. The minimum Gasteiger partial charge on any atom is -0.219 e. The van der Waals surface area contributed by atoms with Crippen molar-refractivity contribution in [3.8, 4) is 5.69 Å². The minimum atomic E-state index is 0.881. The van der Waals surface area contributed by atoms with Crippen molar-refractivity contribution in [2.24, 2.45) is 0 Å².